The minimum atomic E-state index is -3.81. The number of sulfonamides is 1. The SMILES string of the molecule is CC(C)N(C(=O)NC(=O)C1=C(N2CCOCC2)C(=Cc2ccccc2)CCC1)S(C)(=O)=O. The van der Waals surface area contributed by atoms with Crippen molar-refractivity contribution in [1.29, 1.82) is 0 Å². The van der Waals surface area contributed by atoms with Crippen LogP contribution in [-0.4, -0.2) is 68.2 Å². The number of morpholine rings is 1. The molecule has 1 heterocycles. The van der Waals surface area contributed by atoms with Gasteiger partial charge in [-0.25, -0.2) is 17.5 Å². The van der Waals surface area contributed by atoms with Gasteiger partial charge in [0, 0.05) is 30.4 Å². The monoisotopic (exact) mass is 461 g/mol. The Morgan fingerprint density at radius 3 is 2.38 bits per heavy atom. The molecule has 0 aromatic heterocycles. The normalized spacial score (nSPS) is 18.8. The number of hydrogen-bond donors (Lipinski definition) is 1. The molecule has 2 aliphatic rings. The maximum Gasteiger partial charge on any atom is 0.338 e. The first-order valence-corrected chi connectivity index (χ1v) is 12.7. The van der Waals surface area contributed by atoms with Crippen molar-refractivity contribution >= 4 is 28.0 Å². The maximum absolute atomic E-state index is 13.2. The Hall–Kier alpha value is -2.65. The molecule has 174 valence electrons. The molecule has 0 atom stereocenters. The number of urea groups is 1. The highest BCUT2D eigenvalue weighted by molar-refractivity contribution is 7.88. The lowest BCUT2D eigenvalue weighted by atomic mass is 9.88. The first-order valence-electron chi connectivity index (χ1n) is 10.8. The van der Waals surface area contributed by atoms with Crippen LogP contribution in [0.15, 0.2) is 47.2 Å². The molecule has 3 amide bonds. The standard InChI is InChI=1S/C23H31N3O5S/c1-17(2)26(32(3,29)30)23(28)24-22(27)20-11-7-10-19(16-18-8-5-4-6-9-18)21(20)25-12-14-31-15-13-25/h4-6,8-9,16-17H,7,10-15H2,1-3H3,(H,24,27,28). The summed E-state index contributed by atoms with van der Waals surface area (Å²) in [5.74, 6) is -0.551. The summed E-state index contributed by atoms with van der Waals surface area (Å²) in [5.41, 5.74) is 3.40. The first kappa shape index (κ1) is 24.0. The van der Waals surface area contributed by atoms with Crippen molar-refractivity contribution in [2.75, 3.05) is 32.6 Å². The van der Waals surface area contributed by atoms with Crippen LogP contribution in [0, 0.1) is 0 Å². The van der Waals surface area contributed by atoms with Gasteiger partial charge in [-0.3, -0.25) is 10.1 Å². The second kappa shape index (κ2) is 10.3. The van der Waals surface area contributed by atoms with Crippen LogP contribution in [-0.2, 0) is 19.6 Å². The summed E-state index contributed by atoms with van der Waals surface area (Å²) in [5, 5.41) is 2.32. The predicted molar refractivity (Wildman–Crippen MR) is 123 cm³/mol. The van der Waals surface area contributed by atoms with E-state index in [0.717, 1.165) is 35.9 Å². The van der Waals surface area contributed by atoms with Gasteiger partial charge < -0.3 is 9.64 Å². The average molecular weight is 462 g/mol. The van der Waals surface area contributed by atoms with E-state index in [9.17, 15) is 18.0 Å². The number of allylic oxidation sites excluding steroid dienone is 1. The minimum Gasteiger partial charge on any atom is -0.378 e. The molecule has 0 radical (unpaired) electrons. The lowest BCUT2D eigenvalue weighted by Crippen LogP contribution is -2.49. The Balaban J connectivity index is 1.98. The van der Waals surface area contributed by atoms with Crippen molar-refractivity contribution in [1.82, 2.24) is 14.5 Å². The number of benzene rings is 1. The molecule has 1 N–H and O–H groups in total. The molecule has 0 unspecified atom stereocenters. The van der Waals surface area contributed by atoms with Gasteiger partial charge >= 0.3 is 6.03 Å². The number of imide groups is 1. The van der Waals surface area contributed by atoms with Crippen molar-refractivity contribution in [2.24, 2.45) is 0 Å². The summed E-state index contributed by atoms with van der Waals surface area (Å²) in [6.45, 7) is 5.59. The molecule has 1 aromatic carbocycles. The molecule has 0 spiro atoms. The van der Waals surface area contributed by atoms with Crippen LogP contribution in [0.5, 0.6) is 0 Å². The Kier molecular flexibility index (Phi) is 7.73. The van der Waals surface area contributed by atoms with Gasteiger partial charge in [0.1, 0.15) is 0 Å². The summed E-state index contributed by atoms with van der Waals surface area (Å²) in [7, 11) is -3.81. The second-order valence-electron chi connectivity index (χ2n) is 8.27. The number of amides is 3. The van der Waals surface area contributed by atoms with Gasteiger partial charge in [0.15, 0.2) is 0 Å². The second-order valence-corrected chi connectivity index (χ2v) is 10.1. The van der Waals surface area contributed by atoms with E-state index in [2.05, 4.69) is 16.3 Å². The van der Waals surface area contributed by atoms with E-state index in [1.807, 2.05) is 30.3 Å². The van der Waals surface area contributed by atoms with Crippen LogP contribution < -0.4 is 5.32 Å². The largest absolute Gasteiger partial charge is 0.378 e. The average Bonchev–Trinajstić information content (AvgIpc) is 2.73. The van der Waals surface area contributed by atoms with Gasteiger partial charge in [-0.2, -0.15) is 0 Å². The summed E-state index contributed by atoms with van der Waals surface area (Å²) in [6, 6.07) is 8.36. The number of nitrogens with one attached hydrogen (secondary N) is 1. The van der Waals surface area contributed by atoms with Crippen LogP contribution in [0.1, 0.15) is 38.7 Å². The topological polar surface area (TPSA) is 96.0 Å². The van der Waals surface area contributed by atoms with Crippen LogP contribution >= 0.6 is 0 Å². The number of ether oxygens (including phenoxy) is 1. The van der Waals surface area contributed by atoms with Crippen molar-refractivity contribution in [3.63, 3.8) is 0 Å². The highest BCUT2D eigenvalue weighted by atomic mass is 32.2. The third-order valence-electron chi connectivity index (χ3n) is 5.45. The molecule has 0 bridgehead atoms. The van der Waals surface area contributed by atoms with E-state index in [1.54, 1.807) is 13.8 Å². The molecule has 8 nitrogen and oxygen atoms in total. The third-order valence-corrected chi connectivity index (χ3v) is 6.75. The molecule has 1 aliphatic heterocycles. The molecule has 9 heteroatoms. The van der Waals surface area contributed by atoms with Gasteiger partial charge in [-0.05, 0) is 50.3 Å². The van der Waals surface area contributed by atoms with Crippen LogP contribution in [0.3, 0.4) is 0 Å². The van der Waals surface area contributed by atoms with Crippen molar-refractivity contribution in [3.8, 4) is 0 Å². The summed E-state index contributed by atoms with van der Waals surface area (Å²) in [4.78, 5) is 28.0. The zero-order valence-corrected chi connectivity index (χ0v) is 19.7. The lowest BCUT2D eigenvalue weighted by Gasteiger charge is -2.36. The number of carbonyl (C=O) groups excluding carboxylic acids is 2. The fraction of sp³-hybridized carbons (Fsp3) is 0.478. The summed E-state index contributed by atoms with van der Waals surface area (Å²) >= 11 is 0. The quantitative estimate of drug-likeness (QED) is 0.724. The van der Waals surface area contributed by atoms with Gasteiger partial charge in [0.05, 0.1) is 19.5 Å². The van der Waals surface area contributed by atoms with Gasteiger partial charge in [-0.1, -0.05) is 30.3 Å². The number of nitrogens with zero attached hydrogens (tertiary/aromatic N) is 2. The Bertz CT molecular complexity index is 1010. The Labute approximate surface area is 190 Å². The fourth-order valence-electron chi connectivity index (χ4n) is 4.17. The Morgan fingerprint density at radius 2 is 1.78 bits per heavy atom. The summed E-state index contributed by atoms with van der Waals surface area (Å²) < 4.78 is 30.3. The van der Waals surface area contributed by atoms with E-state index >= 15 is 0 Å². The molecule has 1 aromatic rings. The van der Waals surface area contributed by atoms with Gasteiger partial charge in [-0.15, -0.1) is 0 Å². The maximum atomic E-state index is 13.2. The molecule has 32 heavy (non-hydrogen) atoms. The number of carbonyl (C=O) groups is 2. The highest BCUT2D eigenvalue weighted by Gasteiger charge is 2.32. The molecule has 1 saturated heterocycles. The third kappa shape index (κ3) is 5.77. The Morgan fingerprint density at radius 1 is 1.12 bits per heavy atom. The molecule has 1 fully saturated rings. The predicted octanol–water partition coefficient (Wildman–Crippen LogP) is 2.75. The zero-order chi connectivity index (χ0) is 23.3. The molecular formula is C23H31N3O5S. The van der Waals surface area contributed by atoms with Crippen molar-refractivity contribution in [3.05, 3.63) is 52.7 Å². The highest BCUT2D eigenvalue weighted by Crippen LogP contribution is 2.34. The number of rotatable bonds is 5. The zero-order valence-electron chi connectivity index (χ0n) is 18.8. The fourth-order valence-corrected chi connectivity index (χ4v) is 5.29. The van der Waals surface area contributed by atoms with Crippen molar-refractivity contribution in [2.45, 2.75) is 39.2 Å². The van der Waals surface area contributed by atoms with E-state index in [0.29, 0.717) is 42.6 Å². The first-order chi connectivity index (χ1) is 15.2. The smallest absolute Gasteiger partial charge is 0.338 e. The minimum absolute atomic E-state index is 0.505. The lowest BCUT2D eigenvalue weighted by molar-refractivity contribution is -0.117. The van der Waals surface area contributed by atoms with Crippen LogP contribution in [0.2, 0.25) is 0 Å². The van der Waals surface area contributed by atoms with Crippen molar-refractivity contribution < 1.29 is 22.7 Å². The molecule has 3 rings (SSSR count). The van der Waals surface area contributed by atoms with E-state index in [4.69, 9.17) is 4.74 Å². The van der Waals surface area contributed by atoms with E-state index in [1.165, 1.54) is 0 Å². The van der Waals surface area contributed by atoms with Crippen LogP contribution in [0.25, 0.3) is 6.08 Å². The molecular weight excluding hydrogens is 430 g/mol. The number of hydrogen-bond acceptors (Lipinski definition) is 6. The van der Waals surface area contributed by atoms with E-state index in [-0.39, 0.29) is 0 Å². The van der Waals surface area contributed by atoms with Crippen LogP contribution in [0.4, 0.5) is 4.79 Å². The molecule has 0 saturated carbocycles. The molecule has 1 aliphatic carbocycles. The van der Waals surface area contributed by atoms with Gasteiger partial charge in [0.2, 0.25) is 10.0 Å². The summed E-state index contributed by atoms with van der Waals surface area (Å²) in [6.07, 6.45) is 5.13. The van der Waals surface area contributed by atoms with Gasteiger partial charge in [0.25, 0.3) is 5.91 Å². The van der Waals surface area contributed by atoms with E-state index < -0.39 is 28.0 Å².